The summed E-state index contributed by atoms with van der Waals surface area (Å²) in [6.45, 7) is 6.30. The van der Waals surface area contributed by atoms with Crippen molar-refractivity contribution in [2.75, 3.05) is 20.3 Å². The van der Waals surface area contributed by atoms with E-state index in [9.17, 15) is 14.9 Å². The zero-order valence-electron chi connectivity index (χ0n) is 15.0. The molecule has 0 radical (unpaired) electrons. The molecule has 0 heterocycles. The van der Waals surface area contributed by atoms with E-state index in [-0.39, 0.29) is 5.57 Å². The van der Waals surface area contributed by atoms with Crippen LogP contribution in [0.2, 0.25) is 0 Å². The van der Waals surface area contributed by atoms with Crippen molar-refractivity contribution in [2.24, 2.45) is 0 Å². The van der Waals surface area contributed by atoms with Crippen LogP contribution in [0.15, 0.2) is 29.8 Å². The van der Waals surface area contributed by atoms with E-state index in [0.717, 1.165) is 5.56 Å². The molecular weight excluding hydrogens is 320 g/mol. The molecule has 0 aromatic heterocycles. The van der Waals surface area contributed by atoms with Crippen LogP contribution in [-0.4, -0.2) is 38.2 Å². The largest absolute Gasteiger partial charge is 0.448 e. The van der Waals surface area contributed by atoms with Gasteiger partial charge >= 0.3 is 5.97 Å². The number of carbonyl (C=O) groups is 2. The van der Waals surface area contributed by atoms with Crippen molar-refractivity contribution in [1.82, 2.24) is 5.32 Å². The lowest BCUT2D eigenvalue weighted by Gasteiger charge is -2.13. The van der Waals surface area contributed by atoms with Crippen molar-refractivity contribution in [2.45, 2.75) is 32.8 Å². The van der Waals surface area contributed by atoms with Crippen molar-refractivity contribution in [3.8, 4) is 6.07 Å². The van der Waals surface area contributed by atoms with Gasteiger partial charge < -0.3 is 14.8 Å². The SMILES string of the molecule is COCCNC(=O)[C@@H](C)OC(=O)/C(C#N)=C/c1ccc(C(C)C)cc1. The van der Waals surface area contributed by atoms with Crippen LogP contribution in [0.4, 0.5) is 0 Å². The Morgan fingerprint density at radius 1 is 1.24 bits per heavy atom. The third-order valence-electron chi connectivity index (χ3n) is 3.51. The molecule has 0 aliphatic carbocycles. The Bertz CT molecular complexity index is 657. The number of hydrogen-bond acceptors (Lipinski definition) is 5. The molecule has 6 nitrogen and oxygen atoms in total. The molecule has 0 fully saturated rings. The number of hydrogen-bond donors (Lipinski definition) is 1. The zero-order chi connectivity index (χ0) is 18.8. The Kier molecular flexibility index (Phi) is 8.37. The molecule has 1 atom stereocenters. The highest BCUT2D eigenvalue weighted by atomic mass is 16.5. The van der Waals surface area contributed by atoms with Crippen LogP contribution in [0.3, 0.4) is 0 Å². The second kappa shape index (κ2) is 10.3. The van der Waals surface area contributed by atoms with Crippen LogP contribution >= 0.6 is 0 Å². The number of benzene rings is 1. The minimum absolute atomic E-state index is 0.158. The summed E-state index contributed by atoms with van der Waals surface area (Å²) < 4.78 is 9.87. The van der Waals surface area contributed by atoms with Gasteiger partial charge in [0.25, 0.3) is 5.91 Å². The molecule has 0 saturated heterocycles. The monoisotopic (exact) mass is 344 g/mol. The summed E-state index contributed by atoms with van der Waals surface area (Å²) in [6.07, 6.45) is 0.451. The van der Waals surface area contributed by atoms with Gasteiger partial charge in [0.05, 0.1) is 6.61 Å². The van der Waals surface area contributed by atoms with Crippen LogP contribution in [0, 0.1) is 11.3 Å². The Morgan fingerprint density at radius 2 is 1.88 bits per heavy atom. The van der Waals surface area contributed by atoms with Gasteiger partial charge in [-0.05, 0) is 30.0 Å². The number of nitrogens with zero attached hydrogens (tertiary/aromatic N) is 1. The van der Waals surface area contributed by atoms with Gasteiger partial charge in [0.15, 0.2) is 6.10 Å². The van der Waals surface area contributed by atoms with Gasteiger partial charge in [-0.2, -0.15) is 5.26 Å². The van der Waals surface area contributed by atoms with Crippen molar-refractivity contribution in [3.05, 3.63) is 41.0 Å². The van der Waals surface area contributed by atoms with Gasteiger partial charge in [0.1, 0.15) is 11.6 Å². The lowest BCUT2D eigenvalue weighted by atomic mass is 10.0. The molecule has 0 unspecified atom stereocenters. The molecule has 0 aliphatic heterocycles. The van der Waals surface area contributed by atoms with Crippen molar-refractivity contribution in [3.63, 3.8) is 0 Å². The summed E-state index contributed by atoms with van der Waals surface area (Å²) in [5.74, 6) is -0.871. The third-order valence-corrected chi connectivity index (χ3v) is 3.51. The smallest absolute Gasteiger partial charge is 0.349 e. The molecule has 1 aromatic carbocycles. The Hall–Kier alpha value is -2.65. The summed E-state index contributed by atoms with van der Waals surface area (Å²) >= 11 is 0. The summed E-state index contributed by atoms with van der Waals surface area (Å²) in [6, 6.07) is 9.38. The zero-order valence-corrected chi connectivity index (χ0v) is 15.0. The van der Waals surface area contributed by atoms with E-state index in [0.29, 0.717) is 19.1 Å². The fourth-order valence-corrected chi connectivity index (χ4v) is 1.98. The standard InChI is InChI=1S/C19H24N2O4/c1-13(2)16-7-5-15(6-8-16)11-17(12-20)19(23)25-14(3)18(22)21-9-10-24-4/h5-8,11,13-14H,9-10H2,1-4H3,(H,21,22)/b17-11+/t14-/m1/s1. The van der Waals surface area contributed by atoms with Gasteiger partial charge in [-0.1, -0.05) is 38.1 Å². The fraction of sp³-hybridized carbons (Fsp3) is 0.421. The average molecular weight is 344 g/mol. The van der Waals surface area contributed by atoms with E-state index in [4.69, 9.17) is 9.47 Å². The van der Waals surface area contributed by atoms with Crippen LogP contribution in [0.5, 0.6) is 0 Å². The summed E-state index contributed by atoms with van der Waals surface area (Å²) in [5, 5.41) is 11.8. The second-order valence-corrected chi connectivity index (χ2v) is 5.82. The van der Waals surface area contributed by atoms with Gasteiger partial charge in [-0.25, -0.2) is 4.79 Å². The number of esters is 1. The van der Waals surface area contributed by atoms with E-state index in [2.05, 4.69) is 19.2 Å². The number of methoxy groups -OCH3 is 1. The molecule has 1 amide bonds. The van der Waals surface area contributed by atoms with E-state index in [1.165, 1.54) is 25.7 Å². The minimum Gasteiger partial charge on any atom is -0.448 e. The number of rotatable bonds is 8. The normalized spacial score (nSPS) is 12.4. The fourth-order valence-electron chi connectivity index (χ4n) is 1.98. The van der Waals surface area contributed by atoms with E-state index >= 15 is 0 Å². The molecule has 1 N–H and O–H groups in total. The summed E-state index contributed by atoms with van der Waals surface area (Å²) in [5.41, 5.74) is 1.73. The van der Waals surface area contributed by atoms with Gasteiger partial charge in [-0.15, -0.1) is 0 Å². The number of carbonyl (C=O) groups excluding carboxylic acids is 2. The Balaban J connectivity index is 2.73. The number of nitrogens with one attached hydrogen (secondary N) is 1. The van der Waals surface area contributed by atoms with Crippen LogP contribution in [0.25, 0.3) is 6.08 Å². The topological polar surface area (TPSA) is 88.4 Å². The molecule has 0 bridgehead atoms. The lowest BCUT2D eigenvalue weighted by Crippen LogP contribution is -2.37. The maximum atomic E-state index is 12.1. The van der Waals surface area contributed by atoms with Gasteiger partial charge in [0.2, 0.25) is 0 Å². The third kappa shape index (κ3) is 6.77. The second-order valence-electron chi connectivity index (χ2n) is 5.82. The Morgan fingerprint density at radius 3 is 2.40 bits per heavy atom. The van der Waals surface area contributed by atoms with Crippen LogP contribution < -0.4 is 5.32 Å². The van der Waals surface area contributed by atoms with E-state index < -0.39 is 18.0 Å². The molecule has 134 valence electrons. The predicted molar refractivity (Wildman–Crippen MR) is 94.6 cm³/mol. The molecule has 0 spiro atoms. The van der Waals surface area contributed by atoms with Crippen molar-refractivity contribution >= 4 is 18.0 Å². The highest BCUT2D eigenvalue weighted by Gasteiger charge is 2.20. The molecule has 0 saturated carbocycles. The first-order chi connectivity index (χ1) is 11.9. The average Bonchev–Trinajstić information content (AvgIpc) is 2.59. The van der Waals surface area contributed by atoms with Gasteiger partial charge in [0, 0.05) is 13.7 Å². The maximum absolute atomic E-state index is 12.1. The summed E-state index contributed by atoms with van der Waals surface area (Å²) in [4.78, 5) is 23.9. The van der Waals surface area contributed by atoms with E-state index in [1.807, 2.05) is 30.3 Å². The summed E-state index contributed by atoms with van der Waals surface area (Å²) in [7, 11) is 1.52. The first-order valence-corrected chi connectivity index (χ1v) is 8.08. The number of ether oxygens (including phenoxy) is 2. The van der Waals surface area contributed by atoms with E-state index in [1.54, 1.807) is 0 Å². The minimum atomic E-state index is -0.996. The molecule has 1 rings (SSSR count). The number of amides is 1. The quantitative estimate of drug-likeness (QED) is 0.339. The molecule has 0 aliphatic rings. The van der Waals surface area contributed by atoms with Gasteiger partial charge in [-0.3, -0.25) is 4.79 Å². The molecule has 6 heteroatoms. The maximum Gasteiger partial charge on any atom is 0.349 e. The predicted octanol–water partition coefficient (Wildman–Crippen LogP) is 2.41. The molecule has 1 aromatic rings. The van der Waals surface area contributed by atoms with Crippen LogP contribution in [0.1, 0.15) is 37.8 Å². The lowest BCUT2D eigenvalue weighted by molar-refractivity contribution is -0.150. The Labute approximate surface area is 148 Å². The molecular formula is C19H24N2O4. The number of nitriles is 1. The first kappa shape index (κ1) is 20.4. The highest BCUT2D eigenvalue weighted by molar-refractivity contribution is 5.99. The van der Waals surface area contributed by atoms with Crippen molar-refractivity contribution in [1.29, 1.82) is 5.26 Å². The van der Waals surface area contributed by atoms with Crippen LogP contribution in [-0.2, 0) is 19.1 Å². The highest BCUT2D eigenvalue weighted by Crippen LogP contribution is 2.16. The first-order valence-electron chi connectivity index (χ1n) is 8.08. The molecule has 25 heavy (non-hydrogen) atoms. The van der Waals surface area contributed by atoms with Crippen molar-refractivity contribution < 1.29 is 19.1 Å².